The number of hydrogen-bond acceptors (Lipinski definition) is 2. The van der Waals surface area contributed by atoms with Gasteiger partial charge in [0, 0.05) is 28.3 Å². The molecule has 2 nitrogen and oxygen atoms in total. The molecule has 1 aromatic heterocycles. The van der Waals surface area contributed by atoms with Gasteiger partial charge in [-0.1, -0.05) is 154 Å². The Morgan fingerprint density at radius 1 is 0.765 bits per heavy atom. The van der Waals surface area contributed by atoms with Gasteiger partial charge in [-0.25, -0.2) is 0 Å². The molecule has 0 amide bonds. The highest BCUT2D eigenvalue weighted by Gasteiger charge is 2.23. The van der Waals surface area contributed by atoms with Crippen molar-refractivity contribution in [3.05, 3.63) is 198 Å². The van der Waals surface area contributed by atoms with Crippen molar-refractivity contribution in [3.63, 3.8) is 0 Å². The number of furan rings is 1. The number of nitrogens with zero attached hydrogens (tertiary/aromatic N) is 1. The molecule has 0 fully saturated rings. The zero-order valence-corrected chi connectivity index (χ0v) is 29.6. The topological polar surface area (TPSA) is 16.4 Å². The molecule has 0 saturated carbocycles. The maximum atomic E-state index is 6.79. The number of fused-ring (bicyclic) bond motifs is 2. The van der Waals surface area contributed by atoms with Gasteiger partial charge in [0.2, 0.25) is 0 Å². The van der Waals surface area contributed by atoms with E-state index < -0.39 is 0 Å². The van der Waals surface area contributed by atoms with Gasteiger partial charge in [0.1, 0.15) is 5.42 Å². The van der Waals surface area contributed by atoms with Crippen molar-refractivity contribution in [2.45, 2.75) is 20.3 Å². The van der Waals surface area contributed by atoms with Crippen LogP contribution in [0.2, 0.25) is 0 Å². The van der Waals surface area contributed by atoms with Gasteiger partial charge in [0.05, 0.1) is 11.4 Å². The highest BCUT2D eigenvalue weighted by atomic mass is 16.3. The van der Waals surface area contributed by atoms with Gasteiger partial charge in [-0.2, -0.15) is 0 Å². The quantitative estimate of drug-likeness (QED) is 0.138. The molecule has 4 aromatic carbocycles. The summed E-state index contributed by atoms with van der Waals surface area (Å²) in [6.45, 7) is 17.5. The molecule has 0 bridgehead atoms. The molecule has 2 aliphatic rings. The van der Waals surface area contributed by atoms with Crippen LogP contribution in [0.5, 0.6) is 0 Å². The summed E-state index contributed by atoms with van der Waals surface area (Å²) >= 11 is 0. The van der Waals surface area contributed by atoms with Crippen LogP contribution in [0.4, 0.5) is 11.4 Å². The van der Waals surface area contributed by atoms with Crippen molar-refractivity contribution in [3.8, 4) is 0 Å². The van der Waals surface area contributed by atoms with Gasteiger partial charge in [-0.15, -0.1) is 6.58 Å². The van der Waals surface area contributed by atoms with Gasteiger partial charge in [-0.3, -0.25) is 0 Å². The normalized spacial score (nSPS) is 19.6. The molecule has 0 saturated heterocycles. The molecule has 5 aromatic rings. The predicted octanol–water partition coefficient (Wildman–Crippen LogP) is 11.7. The standard InChI is InChI=1S/C49H45NO/c1-6-34(2)24-25-40(42-27-26-41(33-42)38-16-9-7-10-17-38)30-35(3)31-48-37(5)45-21-15-23-47(49(45)51-48)50-29-28-43(39-18-11-8-12-19-39)32-36(4)44-20-13-14-22-46(44)50/h6-29,31-35,40,42H,1,4-5,30H2,2-3H3/b25-24+,29-28-,43-32+,48-31+. The lowest BCUT2D eigenvalue weighted by Crippen LogP contribution is -2.20. The van der Waals surface area contributed by atoms with Gasteiger partial charge < -0.3 is 9.32 Å². The lowest BCUT2D eigenvalue weighted by Gasteiger charge is -2.26. The van der Waals surface area contributed by atoms with Gasteiger partial charge in [0.15, 0.2) is 5.58 Å². The van der Waals surface area contributed by atoms with Crippen molar-refractivity contribution in [1.82, 2.24) is 0 Å². The molecular formula is C49H45NO. The van der Waals surface area contributed by atoms with Crippen LogP contribution in [0.25, 0.3) is 40.3 Å². The van der Waals surface area contributed by atoms with Gasteiger partial charge in [0.25, 0.3) is 0 Å². The average molecular weight is 664 g/mol. The Balaban J connectivity index is 1.24. The third kappa shape index (κ3) is 7.23. The number of hydrogen-bond donors (Lipinski definition) is 0. The molecule has 7 rings (SSSR count). The molecule has 1 aliphatic heterocycles. The van der Waals surface area contributed by atoms with Crippen molar-refractivity contribution in [2.24, 2.45) is 23.7 Å². The summed E-state index contributed by atoms with van der Waals surface area (Å²) in [6, 6.07) is 35.8. The van der Waals surface area contributed by atoms with E-state index in [1.54, 1.807) is 0 Å². The Labute approximate surface area is 302 Å². The van der Waals surface area contributed by atoms with E-state index in [1.165, 1.54) is 11.1 Å². The molecule has 0 radical (unpaired) electrons. The molecule has 51 heavy (non-hydrogen) atoms. The number of rotatable bonds is 10. The SMILES string of the molecule is C=CC(C)/C=C/C(CC(C)/C=c1/oc2c(N3/C=C\C(c4ccccc4)=C/C(=C)c4ccccc43)cccc2c1=C)C1C=CC(c2ccccc2)=C1. The van der Waals surface area contributed by atoms with E-state index in [-0.39, 0.29) is 5.92 Å². The molecule has 2 heterocycles. The predicted molar refractivity (Wildman–Crippen MR) is 219 cm³/mol. The summed E-state index contributed by atoms with van der Waals surface area (Å²) in [5.41, 5.74) is 10.5. The van der Waals surface area contributed by atoms with Crippen molar-refractivity contribution >= 4 is 51.7 Å². The minimum absolute atomic E-state index is 0.245. The molecule has 0 spiro atoms. The molecular weight excluding hydrogens is 619 g/mol. The van der Waals surface area contributed by atoms with Gasteiger partial charge >= 0.3 is 0 Å². The largest absolute Gasteiger partial charge is 0.454 e. The van der Waals surface area contributed by atoms with Crippen LogP contribution >= 0.6 is 0 Å². The van der Waals surface area contributed by atoms with E-state index in [9.17, 15) is 0 Å². The van der Waals surface area contributed by atoms with E-state index in [0.717, 1.165) is 61.7 Å². The highest BCUT2D eigenvalue weighted by molar-refractivity contribution is 5.98. The number of allylic oxidation sites excluding steroid dienone is 11. The van der Waals surface area contributed by atoms with Crippen molar-refractivity contribution in [2.75, 3.05) is 4.90 Å². The molecule has 252 valence electrons. The Bertz CT molecular complexity index is 2330. The lowest BCUT2D eigenvalue weighted by atomic mass is 9.84. The minimum atomic E-state index is 0.245. The zero-order valence-electron chi connectivity index (χ0n) is 29.6. The van der Waals surface area contributed by atoms with Crippen LogP contribution in [0.1, 0.15) is 37.0 Å². The fourth-order valence-electron chi connectivity index (χ4n) is 7.16. The first kappa shape index (κ1) is 33.6. The maximum Gasteiger partial charge on any atom is 0.159 e. The highest BCUT2D eigenvalue weighted by Crippen LogP contribution is 2.39. The van der Waals surface area contributed by atoms with E-state index >= 15 is 0 Å². The van der Waals surface area contributed by atoms with Crippen molar-refractivity contribution in [1.29, 1.82) is 0 Å². The summed E-state index contributed by atoms with van der Waals surface area (Å²) in [4.78, 5) is 2.22. The summed E-state index contributed by atoms with van der Waals surface area (Å²) in [7, 11) is 0. The molecule has 1 aliphatic carbocycles. The van der Waals surface area contributed by atoms with E-state index in [1.807, 2.05) is 12.1 Å². The first-order chi connectivity index (χ1) is 24.9. The molecule has 2 heteroatoms. The lowest BCUT2D eigenvalue weighted by molar-refractivity contribution is 0.463. The molecule has 0 N–H and O–H groups in total. The van der Waals surface area contributed by atoms with E-state index in [2.05, 4.69) is 190 Å². The number of para-hydroxylation sites is 2. The summed E-state index contributed by atoms with van der Waals surface area (Å²) < 4.78 is 6.79. The third-order valence-electron chi connectivity index (χ3n) is 10.0. The van der Waals surface area contributed by atoms with Crippen molar-refractivity contribution < 1.29 is 4.42 Å². The minimum Gasteiger partial charge on any atom is -0.454 e. The number of benzene rings is 4. The molecule has 4 atom stereocenters. The zero-order chi connectivity index (χ0) is 35.3. The monoisotopic (exact) mass is 663 g/mol. The van der Waals surface area contributed by atoms with E-state index in [0.29, 0.717) is 17.8 Å². The fourth-order valence-corrected chi connectivity index (χ4v) is 7.16. The maximum absolute atomic E-state index is 6.79. The Morgan fingerprint density at radius 3 is 2.20 bits per heavy atom. The average Bonchev–Trinajstić information content (AvgIpc) is 3.78. The second-order valence-electron chi connectivity index (χ2n) is 13.7. The van der Waals surface area contributed by atoms with Gasteiger partial charge in [-0.05, 0) is 82.4 Å². The van der Waals surface area contributed by atoms with Crippen LogP contribution in [-0.2, 0) is 0 Å². The fraction of sp³-hybridized carbons (Fsp3) is 0.143. The van der Waals surface area contributed by atoms with Crippen LogP contribution in [0.3, 0.4) is 0 Å². The van der Waals surface area contributed by atoms with E-state index in [4.69, 9.17) is 4.42 Å². The molecule has 4 unspecified atom stereocenters. The van der Waals surface area contributed by atoms with Crippen LogP contribution in [-0.4, -0.2) is 0 Å². The Kier molecular flexibility index (Phi) is 9.85. The van der Waals surface area contributed by atoms with Crippen LogP contribution < -0.4 is 15.5 Å². The third-order valence-corrected chi connectivity index (χ3v) is 10.0. The Hall–Kier alpha value is -5.86. The summed E-state index contributed by atoms with van der Waals surface area (Å²) in [6.07, 6.45) is 23.4. The Morgan fingerprint density at radius 2 is 1.45 bits per heavy atom. The van der Waals surface area contributed by atoms with Crippen LogP contribution in [0.15, 0.2) is 176 Å². The first-order valence-electron chi connectivity index (χ1n) is 17.9. The second kappa shape index (κ2) is 14.9. The first-order valence-corrected chi connectivity index (χ1v) is 17.9. The number of anilines is 2. The summed E-state index contributed by atoms with van der Waals surface area (Å²) in [5.74, 6) is 1.20. The smallest absolute Gasteiger partial charge is 0.159 e. The van der Waals surface area contributed by atoms with Crippen LogP contribution in [0, 0.1) is 23.7 Å². The second-order valence-corrected chi connectivity index (χ2v) is 13.7. The summed E-state index contributed by atoms with van der Waals surface area (Å²) in [5, 5.41) is 1.93.